The fourth-order valence-electron chi connectivity index (χ4n) is 3.59. The van der Waals surface area contributed by atoms with Crippen molar-refractivity contribution in [2.24, 2.45) is 0 Å². The summed E-state index contributed by atoms with van der Waals surface area (Å²) in [6.07, 6.45) is -4.02. The number of urea groups is 1. The van der Waals surface area contributed by atoms with Gasteiger partial charge in [0.1, 0.15) is 22.1 Å². The van der Waals surface area contributed by atoms with Gasteiger partial charge in [-0.05, 0) is 61.4 Å². The van der Waals surface area contributed by atoms with Crippen LogP contribution in [0.15, 0.2) is 71.6 Å². The molecule has 2 amide bonds. The van der Waals surface area contributed by atoms with Crippen LogP contribution < -0.4 is 19.0 Å². The van der Waals surface area contributed by atoms with Crippen LogP contribution in [0, 0.1) is 0 Å². The molecule has 39 heavy (non-hydrogen) atoms. The predicted octanol–water partition coefficient (Wildman–Crippen LogP) is 6.32. The minimum atomic E-state index is -4.69. The number of benzene rings is 3. The zero-order valence-corrected chi connectivity index (χ0v) is 22.6. The van der Waals surface area contributed by atoms with Gasteiger partial charge in [0, 0.05) is 18.7 Å². The van der Waals surface area contributed by atoms with E-state index in [1.807, 2.05) is 13.8 Å². The molecule has 3 aromatic rings. The van der Waals surface area contributed by atoms with E-state index in [-0.39, 0.29) is 24.4 Å². The Morgan fingerprint density at radius 2 is 1.64 bits per heavy atom. The zero-order valence-electron chi connectivity index (χ0n) is 21.8. The van der Waals surface area contributed by atoms with Crippen molar-refractivity contribution < 1.29 is 40.0 Å². The van der Waals surface area contributed by atoms with Gasteiger partial charge in [0.25, 0.3) is 0 Å². The van der Waals surface area contributed by atoms with Gasteiger partial charge < -0.3 is 23.9 Å². The molecule has 0 radical (unpaired) electrons. The molecule has 1 unspecified atom stereocenters. The van der Waals surface area contributed by atoms with E-state index in [9.17, 15) is 26.4 Å². The van der Waals surface area contributed by atoms with Crippen molar-refractivity contribution in [3.05, 3.63) is 77.9 Å². The molecule has 8 nitrogen and oxygen atoms in total. The van der Waals surface area contributed by atoms with Gasteiger partial charge in [-0.3, -0.25) is 0 Å². The molecule has 3 aromatic carbocycles. The molecule has 1 atom stereocenters. The second-order valence-corrected chi connectivity index (χ2v) is 10.1. The molecule has 210 valence electrons. The molecule has 0 aliphatic rings. The van der Waals surface area contributed by atoms with Crippen LogP contribution in [-0.4, -0.2) is 39.6 Å². The van der Waals surface area contributed by atoms with Crippen LogP contribution in [0.25, 0.3) is 0 Å². The third-order valence-electron chi connectivity index (χ3n) is 5.97. The highest BCUT2D eigenvalue weighted by Crippen LogP contribution is 2.32. The summed E-state index contributed by atoms with van der Waals surface area (Å²) in [5, 5.41) is 2.85. The molecule has 3 rings (SSSR count). The summed E-state index contributed by atoms with van der Waals surface area (Å²) in [5.74, 6) is 0.912. The number of rotatable bonds is 10. The summed E-state index contributed by atoms with van der Waals surface area (Å²) in [6, 6.07) is 13.7. The minimum Gasteiger partial charge on any atom is -0.497 e. The van der Waals surface area contributed by atoms with Crippen molar-refractivity contribution in [3.63, 3.8) is 0 Å². The first-order valence-corrected chi connectivity index (χ1v) is 13.3. The Hall–Kier alpha value is -3.93. The summed E-state index contributed by atoms with van der Waals surface area (Å²) in [6.45, 7) is 4.03. The van der Waals surface area contributed by atoms with Crippen molar-refractivity contribution in [1.82, 2.24) is 4.90 Å². The Balaban J connectivity index is 1.75. The van der Waals surface area contributed by atoms with Crippen molar-refractivity contribution in [1.29, 1.82) is 0 Å². The second kappa shape index (κ2) is 12.3. The molecular formula is C27H29F3N2O6S. The second-order valence-electron chi connectivity index (χ2n) is 8.59. The molecule has 0 fully saturated rings. The lowest BCUT2D eigenvalue weighted by Gasteiger charge is -2.29. The number of anilines is 1. The molecule has 0 aromatic heterocycles. The van der Waals surface area contributed by atoms with E-state index in [0.29, 0.717) is 35.2 Å². The number of ether oxygens (including phenoxy) is 2. The zero-order chi connectivity index (χ0) is 28.8. The Morgan fingerprint density at radius 1 is 0.974 bits per heavy atom. The van der Waals surface area contributed by atoms with Gasteiger partial charge in [-0.25, -0.2) is 4.79 Å². The van der Waals surface area contributed by atoms with Crippen LogP contribution in [-0.2, 0) is 22.8 Å². The van der Waals surface area contributed by atoms with Crippen molar-refractivity contribution >= 4 is 21.8 Å². The lowest BCUT2D eigenvalue weighted by Crippen LogP contribution is -2.40. The van der Waals surface area contributed by atoms with E-state index in [2.05, 4.69) is 5.32 Å². The van der Waals surface area contributed by atoms with Crippen LogP contribution in [0.2, 0.25) is 0 Å². The maximum absolute atomic E-state index is 13.2. The molecule has 0 aliphatic heterocycles. The molecule has 12 heteroatoms. The number of methoxy groups -OCH3 is 2. The quantitative estimate of drug-likeness (QED) is 0.289. The van der Waals surface area contributed by atoms with Crippen molar-refractivity contribution in [3.8, 4) is 17.2 Å². The standard InChI is InChI=1S/C27H29F3N2O6S/c1-5-18(2)32(26(33)31-24-14-13-22(36-3)16-25(24)37-4)17-19-9-11-21(12-10-19)38-39(34,35)23-8-6-7-20(15-23)27(28,29)30/h6-16,18H,5,17H2,1-4H3,(H,31,33). The van der Waals surface area contributed by atoms with Gasteiger partial charge in [0.05, 0.1) is 25.5 Å². The Morgan fingerprint density at radius 3 is 2.23 bits per heavy atom. The van der Waals surface area contributed by atoms with Crippen LogP contribution >= 0.6 is 0 Å². The van der Waals surface area contributed by atoms with Crippen molar-refractivity contribution in [2.75, 3.05) is 19.5 Å². The Labute approximate surface area is 225 Å². The molecule has 0 saturated carbocycles. The molecule has 1 N–H and O–H groups in total. The maximum atomic E-state index is 13.2. The van der Waals surface area contributed by atoms with Gasteiger partial charge in [-0.1, -0.05) is 25.1 Å². The number of alkyl halides is 3. The van der Waals surface area contributed by atoms with Crippen LogP contribution in [0.4, 0.5) is 23.7 Å². The molecule has 0 heterocycles. The first kappa shape index (κ1) is 29.6. The summed E-state index contributed by atoms with van der Waals surface area (Å²) < 4.78 is 79.6. The van der Waals surface area contributed by atoms with E-state index in [1.54, 1.807) is 35.2 Å². The summed E-state index contributed by atoms with van der Waals surface area (Å²) in [4.78, 5) is 14.2. The lowest BCUT2D eigenvalue weighted by atomic mass is 10.1. The third-order valence-corrected chi connectivity index (χ3v) is 7.21. The van der Waals surface area contributed by atoms with E-state index < -0.39 is 26.8 Å². The van der Waals surface area contributed by atoms with E-state index >= 15 is 0 Å². The molecular weight excluding hydrogens is 537 g/mol. The number of carbonyl (C=O) groups excluding carboxylic acids is 1. The number of amides is 2. The predicted molar refractivity (Wildman–Crippen MR) is 140 cm³/mol. The smallest absolute Gasteiger partial charge is 0.416 e. The average Bonchev–Trinajstić information content (AvgIpc) is 2.91. The van der Waals surface area contributed by atoms with Crippen molar-refractivity contribution in [2.45, 2.75) is 43.9 Å². The fourth-order valence-corrected chi connectivity index (χ4v) is 4.56. The first-order valence-electron chi connectivity index (χ1n) is 11.9. The largest absolute Gasteiger partial charge is 0.497 e. The minimum absolute atomic E-state index is 0.0846. The van der Waals surface area contributed by atoms with Gasteiger partial charge in [0.2, 0.25) is 0 Å². The highest BCUT2D eigenvalue weighted by molar-refractivity contribution is 7.87. The summed E-state index contributed by atoms with van der Waals surface area (Å²) in [5.41, 5.74) is 0.0364. The third kappa shape index (κ3) is 7.56. The number of nitrogens with zero attached hydrogens (tertiary/aromatic N) is 1. The number of halogens is 3. The van der Waals surface area contributed by atoms with Gasteiger partial charge in [0.15, 0.2) is 0 Å². The highest BCUT2D eigenvalue weighted by atomic mass is 32.2. The summed E-state index contributed by atoms with van der Waals surface area (Å²) in [7, 11) is -1.50. The normalized spacial score (nSPS) is 12.4. The Kier molecular flexibility index (Phi) is 9.33. The molecule has 0 spiro atoms. The van der Waals surface area contributed by atoms with E-state index in [0.717, 1.165) is 18.2 Å². The molecule has 0 saturated heterocycles. The number of carbonyl (C=O) groups is 1. The number of hydrogen-bond acceptors (Lipinski definition) is 6. The van der Waals surface area contributed by atoms with Gasteiger partial charge >= 0.3 is 22.3 Å². The van der Waals surface area contributed by atoms with E-state index in [1.165, 1.54) is 26.4 Å². The van der Waals surface area contributed by atoms with Crippen LogP contribution in [0.1, 0.15) is 31.4 Å². The maximum Gasteiger partial charge on any atom is 0.416 e. The topological polar surface area (TPSA) is 94.2 Å². The van der Waals surface area contributed by atoms with Gasteiger partial charge in [-0.15, -0.1) is 0 Å². The molecule has 0 aliphatic carbocycles. The number of nitrogens with one attached hydrogen (secondary N) is 1. The first-order chi connectivity index (χ1) is 18.4. The fraction of sp³-hybridized carbons (Fsp3) is 0.296. The highest BCUT2D eigenvalue weighted by Gasteiger charge is 2.32. The number of hydrogen-bond donors (Lipinski definition) is 1. The lowest BCUT2D eigenvalue weighted by molar-refractivity contribution is -0.137. The SMILES string of the molecule is CCC(C)N(Cc1ccc(OS(=O)(=O)c2cccc(C(F)(F)F)c2)cc1)C(=O)Nc1ccc(OC)cc1OC. The van der Waals surface area contributed by atoms with Gasteiger partial charge in [-0.2, -0.15) is 21.6 Å². The monoisotopic (exact) mass is 566 g/mol. The average molecular weight is 567 g/mol. The Bertz CT molecular complexity index is 1400. The van der Waals surface area contributed by atoms with E-state index in [4.69, 9.17) is 13.7 Å². The van der Waals surface area contributed by atoms with Crippen LogP contribution in [0.3, 0.4) is 0 Å². The molecule has 0 bridgehead atoms. The summed E-state index contributed by atoms with van der Waals surface area (Å²) >= 11 is 0. The van der Waals surface area contributed by atoms with Crippen LogP contribution in [0.5, 0.6) is 17.2 Å².